The van der Waals surface area contributed by atoms with Crippen molar-refractivity contribution >= 4 is 27.5 Å². The summed E-state index contributed by atoms with van der Waals surface area (Å²) in [6.45, 7) is 0. The third kappa shape index (κ3) is 2.86. The molecule has 2 aromatic carbocycles. The summed E-state index contributed by atoms with van der Waals surface area (Å²) in [7, 11) is 0. The fraction of sp³-hybridized carbons (Fsp3) is 0.0769. The van der Waals surface area contributed by atoms with E-state index in [-0.39, 0.29) is 5.02 Å². The predicted molar refractivity (Wildman–Crippen MR) is 69.6 cm³/mol. The van der Waals surface area contributed by atoms with Crippen LogP contribution in [0.4, 0.5) is 4.39 Å². The normalized spacial score (nSPS) is 12.5. The molecule has 1 N–H and O–H groups in total. The van der Waals surface area contributed by atoms with E-state index in [0.29, 0.717) is 11.1 Å². The highest BCUT2D eigenvalue weighted by Gasteiger charge is 2.12. The molecular weight excluding hydrogens is 306 g/mol. The Morgan fingerprint density at radius 2 is 1.82 bits per heavy atom. The van der Waals surface area contributed by atoms with Crippen LogP contribution in [0.2, 0.25) is 5.02 Å². The summed E-state index contributed by atoms with van der Waals surface area (Å²) in [6.07, 6.45) is -0.862. The van der Waals surface area contributed by atoms with Crippen molar-refractivity contribution in [1.29, 1.82) is 0 Å². The van der Waals surface area contributed by atoms with E-state index in [1.807, 2.05) is 12.1 Å². The molecule has 0 aliphatic carbocycles. The highest BCUT2D eigenvalue weighted by atomic mass is 79.9. The van der Waals surface area contributed by atoms with E-state index < -0.39 is 11.9 Å². The number of aliphatic hydroxyl groups excluding tert-OH is 1. The predicted octanol–water partition coefficient (Wildman–Crippen LogP) is 4.32. The van der Waals surface area contributed by atoms with Gasteiger partial charge in [0.15, 0.2) is 0 Å². The van der Waals surface area contributed by atoms with Crippen LogP contribution in [0.25, 0.3) is 0 Å². The van der Waals surface area contributed by atoms with Crippen LogP contribution in [0.1, 0.15) is 17.2 Å². The van der Waals surface area contributed by atoms with Crippen molar-refractivity contribution in [2.24, 2.45) is 0 Å². The first-order valence-corrected chi connectivity index (χ1v) is 6.13. The summed E-state index contributed by atoms with van der Waals surface area (Å²) in [5, 5.41) is 10.2. The van der Waals surface area contributed by atoms with Crippen LogP contribution < -0.4 is 0 Å². The van der Waals surface area contributed by atoms with Gasteiger partial charge in [-0.1, -0.05) is 45.7 Å². The molecule has 0 saturated heterocycles. The van der Waals surface area contributed by atoms with Gasteiger partial charge in [-0.05, 0) is 35.4 Å². The highest BCUT2D eigenvalue weighted by Crippen LogP contribution is 2.26. The van der Waals surface area contributed by atoms with Crippen LogP contribution in [0.15, 0.2) is 46.9 Å². The first-order valence-electron chi connectivity index (χ1n) is 4.96. The number of rotatable bonds is 2. The van der Waals surface area contributed by atoms with Gasteiger partial charge in [0.25, 0.3) is 0 Å². The van der Waals surface area contributed by atoms with Gasteiger partial charge >= 0.3 is 0 Å². The second-order valence-corrected chi connectivity index (χ2v) is 4.95. The van der Waals surface area contributed by atoms with Gasteiger partial charge < -0.3 is 5.11 Å². The number of halogens is 3. The number of hydrogen-bond acceptors (Lipinski definition) is 1. The van der Waals surface area contributed by atoms with Gasteiger partial charge in [-0.25, -0.2) is 4.39 Å². The maximum atomic E-state index is 13.3. The summed E-state index contributed by atoms with van der Waals surface area (Å²) in [4.78, 5) is 0. The number of aliphatic hydroxyl groups is 1. The van der Waals surface area contributed by atoms with Crippen molar-refractivity contribution in [2.45, 2.75) is 6.10 Å². The lowest BCUT2D eigenvalue weighted by molar-refractivity contribution is 0.219. The molecule has 0 fully saturated rings. The molecular formula is C13H9BrClFO. The number of benzene rings is 2. The molecule has 0 aliphatic rings. The van der Waals surface area contributed by atoms with Crippen LogP contribution in [0, 0.1) is 5.82 Å². The molecule has 88 valence electrons. The highest BCUT2D eigenvalue weighted by molar-refractivity contribution is 9.10. The first kappa shape index (κ1) is 12.6. The smallest absolute Gasteiger partial charge is 0.142 e. The van der Waals surface area contributed by atoms with E-state index >= 15 is 0 Å². The Labute approximate surface area is 112 Å². The van der Waals surface area contributed by atoms with Crippen molar-refractivity contribution in [1.82, 2.24) is 0 Å². The average Bonchev–Trinajstić information content (AvgIpc) is 2.32. The third-order valence-corrected chi connectivity index (χ3v) is 3.22. The molecule has 0 bridgehead atoms. The summed E-state index contributed by atoms with van der Waals surface area (Å²) < 4.78 is 14.1. The molecule has 4 heteroatoms. The molecule has 1 atom stereocenters. The maximum absolute atomic E-state index is 13.3. The molecule has 0 saturated carbocycles. The monoisotopic (exact) mass is 314 g/mol. The molecule has 2 rings (SSSR count). The standard InChI is InChI=1S/C13H9BrClFO/c14-10-3-1-2-8(6-10)13(17)9-4-5-11(15)12(16)7-9/h1-7,13,17H/t13-/m0/s1. The van der Waals surface area contributed by atoms with E-state index in [9.17, 15) is 9.50 Å². The Hall–Kier alpha value is -0.900. The second-order valence-electron chi connectivity index (χ2n) is 3.63. The van der Waals surface area contributed by atoms with Crippen molar-refractivity contribution < 1.29 is 9.50 Å². The Bertz CT molecular complexity index is 545. The van der Waals surface area contributed by atoms with Gasteiger partial charge in [-0.15, -0.1) is 0 Å². The molecule has 0 radical (unpaired) electrons. The zero-order chi connectivity index (χ0) is 12.4. The summed E-state index contributed by atoms with van der Waals surface area (Å²) >= 11 is 8.92. The van der Waals surface area contributed by atoms with E-state index in [4.69, 9.17) is 11.6 Å². The average molecular weight is 316 g/mol. The van der Waals surface area contributed by atoms with Crippen LogP contribution in [0.3, 0.4) is 0 Å². The van der Waals surface area contributed by atoms with E-state index in [2.05, 4.69) is 15.9 Å². The second kappa shape index (κ2) is 5.17. The Morgan fingerprint density at radius 1 is 1.12 bits per heavy atom. The lowest BCUT2D eigenvalue weighted by atomic mass is 10.0. The molecule has 0 amide bonds. The molecule has 0 heterocycles. The van der Waals surface area contributed by atoms with Gasteiger partial charge in [0, 0.05) is 4.47 Å². The van der Waals surface area contributed by atoms with E-state index in [0.717, 1.165) is 4.47 Å². The topological polar surface area (TPSA) is 20.2 Å². The van der Waals surface area contributed by atoms with E-state index in [1.54, 1.807) is 18.2 Å². The fourth-order valence-corrected chi connectivity index (χ4v) is 2.09. The first-order chi connectivity index (χ1) is 8.08. The molecule has 17 heavy (non-hydrogen) atoms. The lowest BCUT2D eigenvalue weighted by Gasteiger charge is -2.12. The molecule has 0 unspecified atom stereocenters. The Morgan fingerprint density at radius 3 is 2.47 bits per heavy atom. The quantitative estimate of drug-likeness (QED) is 0.875. The minimum atomic E-state index is -0.862. The van der Waals surface area contributed by atoms with E-state index in [1.165, 1.54) is 12.1 Å². The molecule has 0 aromatic heterocycles. The molecule has 1 nitrogen and oxygen atoms in total. The third-order valence-electron chi connectivity index (χ3n) is 2.42. The molecule has 0 aliphatic heterocycles. The number of hydrogen-bond donors (Lipinski definition) is 1. The van der Waals surface area contributed by atoms with Crippen LogP contribution in [-0.2, 0) is 0 Å². The van der Waals surface area contributed by atoms with Crippen molar-refractivity contribution in [2.75, 3.05) is 0 Å². The van der Waals surface area contributed by atoms with Crippen molar-refractivity contribution in [3.05, 3.63) is 68.9 Å². The van der Waals surface area contributed by atoms with Gasteiger partial charge in [0.1, 0.15) is 11.9 Å². The Kier molecular flexibility index (Phi) is 3.82. The molecule has 0 spiro atoms. The van der Waals surface area contributed by atoms with Gasteiger partial charge in [0.05, 0.1) is 5.02 Å². The minimum absolute atomic E-state index is 0.0511. The van der Waals surface area contributed by atoms with Crippen LogP contribution >= 0.6 is 27.5 Å². The largest absolute Gasteiger partial charge is 0.384 e. The summed E-state index contributed by atoms with van der Waals surface area (Å²) in [5.74, 6) is -0.529. The van der Waals surface area contributed by atoms with Gasteiger partial charge in [0.2, 0.25) is 0 Å². The SMILES string of the molecule is O[C@@H](c1cccc(Br)c1)c1ccc(Cl)c(F)c1. The zero-order valence-corrected chi connectivity index (χ0v) is 11.0. The maximum Gasteiger partial charge on any atom is 0.142 e. The van der Waals surface area contributed by atoms with Crippen LogP contribution in [0.5, 0.6) is 0 Å². The van der Waals surface area contributed by atoms with Gasteiger partial charge in [-0.3, -0.25) is 0 Å². The van der Waals surface area contributed by atoms with Gasteiger partial charge in [-0.2, -0.15) is 0 Å². The summed E-state index contributed by atoms with van der Waals surface area (Å²) in [5.41, 5.74) is 1.17. The van der Waals surface area contributed by atoms with Crippen molar-refractivity contribution in [3.63, 3.8) is 0 Å². The fourth-order valence-electron chi connectivity index (χ4n) is 1.55. The van der Waals surface area contributed by atoms with Crippen molar-refractivity contribution in [3.8, 4) is 0 Å². The van der Waals surface area contributed by atoms with Crippen LogP contribution in [-0.4, -0.2) is 5.11 Å². The minimum Gasteiger partial charge on any atom is -0.384 e. The summed E-state index contributed by atoms with van der Waals surface area (Å²) in [6, 6.07) is 11.5. The Balaban J connectivity index is 2.36. The lowest BCUT2D eigenvalue weighted by Crippen LogP contribution is -2.00. The zero-order valence-electron chi connectivity index (χ0n) is 8.70. The molecule has 2 aromatic rings.